The zero-order chi connectivity index (χ0) is 20.1. The summed E-state index contributed by atoms with van der Waals surface area (Å²) in [6.45, 7) is 6.83. The van der Waals surface area contributed by atoms with Gasteiger partial charge in [-0.25, -0.2) is 9.48 Å². The molecular weight excluding hydrogens is 378 g/mol. The Kier molecular flexibility index (Phi) is 6.75. The topological polar surface area (TPSA) is 69.1 Å². The van der Waals surface area contributed by atoms with Crippen molar-refractivity contribution in [3.8, 4) is 11.1 Å². The number of esters is 1. The zero-order valence-corrected chi connectivity index (χ0v) is 17.3. The smallest absolute Gasteiger partial charge is 0.355 e. The first kappa shape index (κ1) is 20.4. The lowest BCUT2D eigenvalue weighted by molar-refractivity contribution is -0.0394. The third-order valence-electron chi connectivity index (χ3n) is 4.60. The minimum atomic E-state index is -0.406. The standard InChI is InChI=1S/C19H20ClN3O3.C2H6/c1-2-25-19(24)18-16(13-6-5-7-14(20)17(13)22-18)12-10-21-23(11-12)15-8-3-4-9-26-15;1-2/h5-7,10-11,15,22H,2-4,8-9H2,1H3;1-2H3. The van der Waals surface area contributed by atoms with Crippen LogP contribution in [0.15, 0.2) is 30.6 Å². The summed E-state index contributed by atoms with van der Waals surface area (Å²) in [5.41, 5.74) is 2.69. The van der Waals surface area contributed by atoms with Gasteiger partial charge in [0.05, 0.1) is 23.3 Å². The number of aromatic nitrogens is 3. The van der Waals surface area contributed by atoms with Crippen molar-refractivity contribution in [3.63, 3.8) is 0 Å². The van der Waals surface area contributed by atoms with Crippen LogP contribution in [0.25, 0.3) is 22.0 Å². The summed E-state index contributed by atoms with van der Waals surface area (Å²) >= 11 is 6.31. The maximum absolute atomic E-state index is 12.5. The Morgan fingerprint density at radius 3 is 2.93 bits per heavy atom. The largest absolute Gasteiger partial charge is 0.461 e. The minimum Gasteiger partial charge on any atom is -0.461 e. The molecule has 3 heterocycles. The Labute approximate surface area is 169 Å². The van der Waals surface area contributed by atoms with Crippen molar-refractivity contribution in [2.24, 2.45) is 0 Å². The van der Waals surface area contributed by atoms with Crippen molar-refractivity contribution in [2.75, 3.05) is 13.2 Å². The first-order valence-electron chi connectivity index (χ1n) is 9.82. The molecule has 0 amide bonds. The highest BCUT2D eigenvalue weighted by molar-refractivity contribution is 6.35. The van der Waals surface area contributed by atoms with Crippen molar-refractivity contribution in [2.45, 2.75) is 46.3 Å². The average molecular weight is 404 g/mol. The van der Waals surface area contributed by atoms with Gasteiger partial charge in [0.2, 0.25) is 0 Å². The third kappa shape index (κ3) is 3.93. The molecule has 0 bridgehead atoms. The van der Waals surface area contributed by atoms with E-state index in [1.165, 1.54) is 0 Å². The third-order valence-corrected chi connectivity index (χ3v) is 4.92. The van der Waals surface area contributed by atoms with E-state index in [0.29, 0.717) is 22.8 Å². The van der Waals surface area contributed by atoms with Gasteiger partial charge in [0.1, 0.15) is 11.9 Å². The van der Waals surface area contributed by atoms with Crippen LogP contribution < -0.4 is 0 Å². The number of carbonyl (C=O) groups is 1. The van der Waals surface area contributed by atoms with Gasteiger partial charge in [-0.2, -0.15) is 5.10 Å². The molecule has 3 aromatic rings. The number of H-pyrrole nitrogens is 1. The van der Waals surface area contributed by atoms with Gasteiger partial charge in [0.15, 0.2) is 0 Å². The number of halogens is 1. The fraction of sp³-hybridized carbons (Fsp3) is 0.429. The van der Waals surface area contributed by atoms with Crippen LogP contribution in [0, 0.1) is 0 Å². The number of rotatable bonds is 4. The van der Waals surface area contributed by atoms with Crippen molar-refractivity contribution < 1.29 is 14.3 Å². The molecule has 7 heteroatoms. The molecule has 1 unspecified atom stereocenters. The Bertz CT molecular complexity index is 942. The number of para-hydroxylation sites is 1. The highest BCUT2D eigenvalue weighted by Crippen LogP contribution is 2.36. The molecule has 1 aliphatic heterocycles. The van der Waals surface area contributed by atoms with Crippen LogP contribution in [0.2, 0.25) is 5.02 Å². The van der Waals surface area contributed by atoms with Gasteiger partial charge >= 0.3 is 5.97 Å². The molecule has 1 N–H and O–H groups in total. The molecule has 6 nitrogen and oxygen atoms in total. The van der Waals surface area contributed by atoms with E-state index in [-0.39, 0.29) is 6.23 Å². The van der Waals surface area contributed by atoms with Crippen LogP contribution in [0.3, 0.4) is 0 Å². The van der Waals surface area contributed by atoms with Crippen molar-refractivity contribution in [3.05, 3.63) is 41.3 Å². The van der Waals surface area contributed by atoms with E-state index in [1.54, 1.807) is 19.2 Å². The molecule has 2 aromatic heterocycles. The number of nitrogens with one attached hydrogen (secondary N) is 1. The van der Waals surface area contributed by atoms with Gasteiger partial charge in [0.25, 0.3) is 0 Å². The molecule has 1 fully saturated rings. The number of hydrogen-bond donors (Lipinski definition) is 1. The summed E-state index contributed by atoms with van der Waals surface area (Å²) < 4.78 is 12.8. The number of nitrogens with zero attached hydrogens (tertiary/aromatic N) is 2. The van der Waals surface area contributed by atoms with E-state index in [2.05, 4.69) is 10.1 Å². The molecule has 28 heavy (non-hydrogen) atoms. The lowest BCUT2D eigenvalue weighted by atomic mass is 10.1. The van der Waals surface area contributed by atoms with Crippen LogP contribution in [0.5, 0.6) is 0 Å². The Hall–Kier alpha value is -2.31. The molecule has 0 radical (unpaired) electrons. The number of hydrogen-bond acceptors (Lipinski definition) is 4. The molecule has 0 spiro atoms. The Morgan fingerprint density at radius 1 is 1.39 bits per heavy atom. The zero-order valence-electron chi connectivity index (χ0n) is 16.5. The fourth-order valence-corrected chi connectivity index (χ4v) is 3.62. The van der Waals surface area contributed by atoms with Gasteiger partial charge in [-0.1, -0.05) is 37.6 Å². The van der Waals surface area contributed by atoms with Crippen molar-refractivity contribution >= 4 is 28.5 Å². The maximum Gasteiger partial charge on any atom is 0.355 e. The summed E-state index contributed by atoms with van der Waals surface area (Å²) in [4.78, 5) is 15.6. The first-order valence-corrected chi connectivity index (χ1v) is 10.2. The van der Waals surface area contributed by atoms with Gasteiger partial charge in [-0.05, 0) is 32.3 Å². The normalized spacial score (nSPS) is 16.5. The summed E-state index contributed by atoms with van der Waals surface area (Å²) in [5.74, 6) is -0.406. The van der Waals surface area contributed by atoms with Crippen molar-refractivity contribution in [1.29, 1.82) is 0 Å². The lowest BCUT2D eigenvalue weighted by Crippen LogP contribution is -2.18. The molecule has 0 saturated carbocycles. The fourth-order valence-electron chi connectivity index (χ4n) is 3.39. The second-order valence-corrected chi connectivity index (χ2v) is 6.70. The van der Waals surface area contributed by atoms with Gasteiger partial charge in [-0.15, -0.1) is 0 Å². The summed E-state index contributed by atoms with van der Waals surface area (Å²) in [6, 6.07) is 5.59. The molecule has 1 aromatic carbocycles. The Balaban J connectivity index is 0.00000109. The van der Waals surface area contributed by atoms with Gasteiger partial charge in [0, 0.05) is 29.3 Å². The minimum absolute atomic E-state index is 0.0580. The predicted molar refractivity (Wildman–Crippen MR) is 111 cm³/mol. The van der Waals surface area contributed by atoms with Crippen molar-refractivity contribution in [1.82, 2.24) is 14.8 Å². The molecule has 150 valence electrons. The summed E-state index contributed by atoms with van der Waals surface area (Å²) in [5, 5.41) is 5.89. The second-order valence-electron chi connectivity index (χ2n) is 6.29. The molecule has 1 atom stereocenters. The summed E-state index contributed by atoms with van der Waals surface area (Å²) in [7, 11) is 0. The van der Waals surface area contributed by atoms with Crippen LogP contribution in [-0.4, -0.2) is 33.9 Å². The van der Waals surface area contributed by atoms with Crippen LogP contribution >= 0.6 is 11.6 Å². The average Bonchev–Trinajstić information content (AvgIpc) is 3.36. The van der Waals surface area contributed by atoms with Crippen LogP contribution in [-0.2, 0) is 9.47 Å². The molecule has 1 saturated heterocycles. The van der Waals surface area contributed by atoms with Crippen LogP contribution in [0.1, 0.15) is 56.8 Å². The monoisotopic (exact) mass is 403 g/mol. The van der Waals surface area contributed by atoms with E-state index >= 15 is 0 Å². The Morgan fingerprint density at radius 2 is 2.21 bits per heavy atom. The molecule has 4 rings (SSSR count). The van der Waals surface area contributed by atoms with E-state index in [4.69, 9.17) is 21.1 Å². The van der Waals surface area contributed by atoms with Gasteiger partial charge in [-0.3, -0.25) is 0 Å². The first-order chi connectivity index (χ1) is 13.7. The SMILES string of the molecule is CC.CCOC(=O)c1[nH]c2c(Cl)cccc2c1-c1cnn(C2CCCCO2)c1. The van der Waals surface area contributed by atoms with Crippen LogP contribution in [0.4, 0.5) is 0 Å². The number of carbonyl (C=O) groups excluding carboxylic acids is 1. The van der Waals surface area contributed by atoms with E-state index < -0.39 is 5.97 Å². The number of fused-ring (bicyclic) bond motifs is 1. The van der Waals surface area contributed by atoms with E-state index in [1.807, 2.05) is 36.9 Å². The molecule has 1 aliphatic rings. The van der Waals surface area contributed by atoms with E-state index in [0.717, 1.165) is 42.4 Å². The maximum atomic E-state index is 12.5. The molecule has 0 aliphatic carbocycles. The predicted octanol–water partition coefficient (Wildman–Crippen LogP) is 5.59. The quantitative estimate of drug-likeness (QED) is 0.576. The lowest BCUT2D eigenvalue weighted by Gasteiger charge is -2.22. The number of benzene rings is 1. The molecular formula is C21H26ClN3O3. The summed E-state index contributed by atoms with van der Waals surface area (Å²) in [6.07, 6.45) is 6.75. The number of ether oxygens (including phenoxy) is 2. The second kappa shape index (κ2) is 9.26. The highest BCUT2D eigenvalue weighted by atomic mass is 35.5. The highest BCUT2D eigenvalue weighted by Gasteiger charge is 2.24. The van der Waals surface area contributed by atoms with E-state index in [9.17, 15) is 4.79 Å². The number of aromatic amines is 1. The van der Waals surface area contributed by atoms with Gasteiger partial charge < -0.3 is 14.5 Å².